The highest BCUT2D eigenvalue weighted by molar-refractivity contribution is 6.31. The fraction of sp³-hybridized carbons (Fsp3) is 0. The molecule has 6 heteroatoms. The number of amides is 1. The van der Waals surface area contributed by atoms with Crippen molar-refractivity contribution in [3.8, 4) is 11.5 Å². The number of para-hydroxylation sites is 2. The fourth-order valence-electron chi connectivity index (χ4n) is 2.83. The number of halogens is 1. The Bertz CT molecular complexity index is 1220. The first-order valence-electron chi connectivity index (χ1n) is 8.56. The number of aromatic nitrogens is 1. The number of hydrogen-bond donors (Lipinski definition) is 2. The van der Waals surface area contributed by atoms with E-state index in [0.29, 0.717) is 33.1 Å². The number of aromatic amines is 1. The van der Waals surface area contributed by atoms with Gasteiger partial charge in [0.15, 0.2) is 5.75 Å². The van der Waals surface area contributed by atoms with Crippen LogP contribution in [-0.4, -0.2) is 10.9 Å². The molecule has 0 atom stereocenters. The number of carbonyl (C=O) groups is 1. The molecule has 1 amide bonds. The summed E-state index contributed by atoms with van der Waals surface area (Å²) in [6, 6.07) is 21.1. The molecule has 0 spiro atoms. The van der Waals surface area contributed by atoms with Crippen LogP contribution in [0.4, 0.5) is 5.69 Å². The van der Waals surface area contributed by atoms with Crippen LogP contribution in [0.25, 0.3) is 10.9 Å². The van der Waals surface area contributed by atoms with Crippen LogP contribution >= 0.6 is 11.6 Å². The Morgan fingerprint density at radius 2 is 1.71 bits per heavy atom. The van der Waals surface area contributed by atoms with Gasteiger partial charge in [0.1, 0.15) is 11.3 Å². The summed E-state index contributed by atoms with van der Waals surface area (Å²) in [7, 11) is 0. The molecule has 2 N–H and O–H groups in total. The molecule has 28 heavy (non-hydrogen) atoms. The van der Waals surface area contributed by atoms with Crippen LogP contribution in [0.3, 0.4) is 0 Å². The third-order valence-electron chi connectivity index (χ3n) is 4.19. The summed E-state index contributed by atoms with van der Waals surface area (Å²) in [4.78, 5) is 28.4. The number of fused-ring (bicyclic) bond motifs is 1. The summed E-state index contributed by atoms with van der Waals surface area (Å²) < 4.78 is 5.84. The van der Waals surface area contributed by atoms with E-state index in [4.69, 9.17) is 16.3 Å². The van der Waals surface area contributed by atoms with Gasteiger partial charge >= 0.3 is 0 Å². The predicted octanol–water partition coefficient (Wildman–Crippen LogP) is 5.23. The molecule has 0 aliphatic rings. The minimum absolute atomic E-state index is 0.00402. The molecular weight excluding hydrogens is 376 g/mol. The van der Waals surface area contributed by atoms with Crippen molar-refractivity contribution in [2.24, 2.45) is 0 Å². The molecular formula is C22H15ClN2O3. The number of hydrogen-bond acceptors (Lipinski definition) is 3. The standard InChI is InChI=1S/C22H15ClN2O3/c23-14-10-11-20(28-15-6-2-1-3-7-15)19(12-14)25-22(27)17-13-24-18-9-5-4-8-16(18)21(17)26/h1-13H,(H,24,26)(H,25,27). The van der Waals surface area contributed by atoms with Gasteiger partial charge < -0.3 is 15.0 Å². The highest BCUT2D eigenvalue weighted by Gasteiger charge is 2.16. The van der Waals surface area contributed by atoms with Crippen molar-refractivity contribution < 1.29 is 9.53 Å². The van der Waals surface area contributed by atoms with E-state index in [0.717, 1.165) is 0 Å². The maximum Gasteiger partial charge on any atom is 0.261 e. The van der Waals surface area contributed by atoms with Crippen molar-refractivity contribution in [3.63, 3.8) is 0 Å². The van der Waals surface area contributed by atoms with Crippen LogP contribution < -0.4 is 15.5 Å². The number of benzene rings is 3. The molecule has 0 bridgehead atoms. The third kappa shape index (κ3) is 3.61. The zero-order chi connectivity index (χ0) is 19.5. The van der Waals surface area contributed by atoms with E-state index in [1.165, 1.54) is 6.20 Å². The molecule has 5 nitrogen and oxygen atoms in total. The van der Waals surface area contributed by atoms with Crippen LogP contribution in [0.15, 0.2) is 83.8 Å². The molecule has 0 aliphatic heterocycles. The number of carbonyl (C=O) groups excluding carboxylic acids is 1. The summed E-state index contributed by atoms with van der Waals surface area (Å²) in [6.07, 6.45) is 1.41. The van der Waals surface area contributed by atoms with E-state index >= 15 is 0 Å². The van der Waals surface area contributed by atoms with E-state index in [9.17, 15) is 9.59 Å². The summed E-state index contributed by atoms with van der Waals surface area (Å²) in [5.41, 5.74) is 0.692. The Kier molecular flexibility index (Phi) is 4.83. The maximum absolute atomic E-state index is 12.8. The van der Waals surface area contributed by atoms with Crippen molar-refractivity contribution in [2.45, 2.75) is 0 Å². The molecule has 4 aromatic rings. The third-order valence-corrected chi connectivity index (χ3v) is 4.43. The Hall–Kier alpha value is -3.57. The number of ether oxygens (including phenoxy) is 1. The topological polar surface area (TPSA) is 71.2 Å². The first-order chi connectivity index (χ1) is 13.6. The van der Waals surface area contributed by atoms with E-state index in [-0.39, 0.29) is 11.0 Å². The smallest absolute Gasteiger partial charge is 0.261 e. The molecule has 0 saturated carbocycles. The Balaban J connectivity index is 1.67. The monoisotopic (exact) mass is 390 g/mol. The van der Waals surface area contributed by atoms with Gasteiger partial charge in [-0.15, -0.1) is 0 Å². The highest BCUT2D eigenvalue weighted by Crippen LogP contribution is 2.32. The second-order valence-corrected chi connectivity index (χ2v) is 6.52. The van der Waals surface area contributed by atoms with E-state index < -0.39 is 5.91 Å². The molecule has 0 fully saturated rings. The lowest BCUT2D eigenvalue weighted by molar-refractivity contribution is 0.102. The SMILES string of the molecule is O=C(Nc1cc(Cl)ccc1Oc1ccccc1)c1c[nH]c2ccccc2c1=O. The number of H-pyrrole nitrogens is 1. The van der Waals surface area contributed by atoms with Crippen LogP contribution in [0.2, 0.25) is 5.02 Å². The minimum Gasteiger partial charge on any atom is -0.455 e. The zero-order valence-electron chi connectivity index (χ0n) is 14.6. The van der Waals surface area contributed by atoms with Crippen LogP contribution in [-0.2, 0) is 0 Å². The predicted molar refractivity (Wildman–Crippen MR) is 110 cm³/mol. The number of nitrogens with one attached hydrogen (secondary N) is 2. The van der Waals surface area contributed by atoms with E-state index in [2.05, 4.69) is 10.3 Å². The van der Waals surface area contributed by atoms with Crippen LogP contribution in [0.1, 0.15) is 10.4 Å². The van der Waals surface area contributed by atoms with Gasteiger partial charge in [-0.25, -0.2) is 0 Å². The van der Waals surface area contributed by atoms with Crippen molar-refractivity contribution >= 4 is 34.1 Å². The van der Waals surface area contributed by atoms with E-state index in [1.54, 1.807) is 48.5 Å². The summed E-state index contributed by atoms with van der Waals surface area (Å²) in [5.74, 6) is 0.484. The van der Waals surface area contributed by atoms with Gasteiger partial charge in [-0.3, -0.25) is 9.59 Å². The Morgan fingerprint density at radius 3 is 2.54 bits per heavy atom. The van der Waals surface area contributed by atoms with Gasteiger partial charge in [0, 0.05) is 22.1 Å². The molecule has 1 aromatic heterocycles. The molecule has 138 valence electrons. The molecule has 0 aliphatic carbocycles. The lowest BCUT2D eigenvalue weighted by atomic mass is 10.1. The average Bonchev–Trinajstić information content (AvgIpc) is 2.71. The molecule has 1 heterocycles. The zero-order valence-corrected chi connectivity index (χ0v) is 15.4. The van der Waals surface area contributed by atoms with Gasteiger partial charge in [0.2, 0.25) is 5.43 Å². The lowest BCUT2D eigenvalue weighted by Gasteiger charge is -2.13. The normalized spacial score (nSPS) is 10.6. The summed E-state index contributed by atoms with van der Waals surface area (Å²) in [5, 5.41) is 3.60. The first-order valence-corrected chi connectivity index (χ1v) is 8.94. The molecule has 0 radical (unpaired) electrons. The Labute approximate surface area is 165 Å². The van der Waals surface area contributed by atoms with Crippen LogP contribution in [0.5, 0.6) is 11.5 Å². The van der Waals surface area contributed by atoms with Crippen molar-refractivity contribution in [1.29, 1.82) is 0 Å². The number of pyridine rings is 1. The minimum atomic E-state index is -0.549. The molecule has 3 aromatic carbocycles. The molecule has 4 rings (SSSR count). The quantitative estimate of drug-likeness (QED) is 0.501. The summed E-state index contributed by atoms with van der Waals surface area (Å²) >= 11 is 6.08. The van der Waals surface area contributed by atoms with Gasteiger partial charge in [-0.1, -0.05) is 41.9 Å². The molecule has 0 unspecified atom stereocenters. The van der Waals surface area contributed by atoms with E-state index in [1.807, 2.05) is 24.3 Å². The fourth-order valence-corrected chi connectivity index (χ4v) is 3.00. The number of anilines is 1. The highest BCUT2D eigenvalue weighted by atomic mass is 35.5. The van der Waals surface area contributed by atoms with Crippen molar-refractivity contribution in [2.75, 3.05) is 5.32 Å². The second kappa shape index (κ2) is 7.58. The van der Waals surface area contributed by atoms with Gasteiger partial charge in [0.25, 0.3) is 5.91 Å². The summed E-state index contributed by atoms with van der Waals surface area (Å²) in [6.45, 7) is 0. The van der Waals surface area contributed by atoms with Crippen LogP contribution in [0, 0.1) is 0 Å². The van der Waals surface area contributed by atoms with Crippen molar-refractivity contribution in [1.82, 2.24) is 4.98 Å². The second-order valence-electron chi connectivity index (χ2n) is 6.09. The Morgan fingerprint density at radius 1 is 0.964 bits per heavy atom. The van der Waals surface area contributed by atoms with Gasteiger partial charge in [-0.05, 0) is 42.5 Å². The lowest BCUT2D eigenvalue weighted by Crippen LogP contribution is -2.22. The van der Waals surface area contributed by atoms with Crippen molar-refractivity contribution in [3.05, 3.63) is 99.8 Å². The van der Waals surface area contributed by atoms with Gasteiger partial charge in [-0.2, -0.15) is 0 Å². The molecule has 0 saturated heterocycles. The number of rotatable bonds is 4. The maximum atomic E-state index is 12.8. The first kappa shape index (κ1) is 17.8. The largest absolute Gasteiger partial charge is 0.455 e. The average molecular weight is 391 g/mol. The van der Waals surface area contributed by atoms with Gasteiger partial charge in [0.05, 0.1) is 5.69 Å².